The molecule has 0 spiro atoms. The van der Waals surface area contributed by atoms with Gasteiger partial charge in [0, 0.05) is 35.6 Å². The molecule has 3 N–H and O–H groups in total. The highest BCUT2D eigenvalue weighted by Gasteiger charge is 2.26. The van der Waals surface area contributed by atoms with Crippen LogP contribution < -0.4 is 10.6 Å². The predicted molar refractivity (Wildman–Crippen MR) is 81.1 cm³/mol. The van der Waals surface area contributed by atoms with Gasteiger partial charge in [0.25, 0.3) is 0 Å². The third kappa shape index (κ3) is 2.38. The van der Waals surface area contributed by atoms with E-state index >= 15 is 0 Å². The molecule has 0 radical (unpaired) electrons. The maximum Gasteiger partial charge on any atom is 0.315 e. The summed E-state index contributed by atoms with van der Waals surface area (Å²) in [6, 6.07) is 6.64. The molecule has 0 saturated heterocycles. The lowest BCUT2D eigenvalue weighted by molar-refractivity contribution is 0.237. The first-order valence-electron chi connectivity index (χ1n) is 7.32. The van der Waals surface area contributed by atoms with Crippen LogP contribution in [-0.4, -0.2) is 23.6 Å². The quantitative estimate of drug-likeness (QED) is 0.789. The summed E-state index contributed by atoms with van der Waals surface area (Å²) < 4.78 is 0. The van der Waals surface area contributed by atoms with Gasteiger partial charge >= 0.3 is 6.03 Å². The van der Waals surface area contributed by atoms with Gasteiger partial charge in [0.2, 0.25) is 0 Å². The molecule has 2 amide bonds. The second kappa shape index (κ2) is 5.19. The number of carbonyl (C=O) groups is 1. The maximum atomic E-state index is 11.7. The van der Waals surface area contributed by atoms with Gasteiger partial charge in [-0.05, 0) is 37.5 Å². The minimum Gasteiger partial charge on any atom is -0.358 e. The minimum absolute atomic E-state index is 0.0533. The fourth-order valence-electron chi connectivity index (χ4n) is 2.97. The van der Waals surface area contributed by atoms with E-state index < -0.39 is 0 Å². The molecular formula is C16H21N3O. The first kappa shape index (κ1) is 13.0. The highest BCUT2D eigenvalue weighted by molar-refractivity contribution is 5.86. The second-order valence-electron chi connectivity index (χ2n) is 5.64. The summed E-state index contributed by atoms with van der Waals surface area (Å²) in [6.45, 7) is 4.89. The van der Waals surface area contributed by atoms with Crippen molar-refractivity contribution in [3.63, 3.8) is 0 Å². The molecular weight excluding hydrogens is 250 g/mol. The normalized spacial score (nSPS) is 17.2. The highest BCUT2D eigenvalue weighted by atomic mass is 16.2. The zero-order chi connectivity index (χ0) is 14.1. The molecule has 3 rings (SSSR count). The first-order valence-corrected chi connectivity index (χ1v) is 7.32. The number of amides is 2. The molecule has 4 nitrogen and oxygen atoms in total. The summed E-state index contributed by atoms with van der Waals surface area (Å²) in [5, 5.41) is 7.22. The number of rotatable bonds is 3. The lowest BCUT2D eigenvalue weighted by Crippen LogP contribution is -2.42. The number of aromatic amines is 1. The third-order valence-corrected chi connectivity index (χ3v) is 3.92. The molecule has 1 heterocycles. The van der Waals surface area contributed by atoms with Crippen LogP contribution in [0.2, 0.25) is 0 Å². The van der Waals surface area contributed by atoms with E-state index in [0.29, 0.717) is 0 Å². The van der Waals surface area contributed by atoms with Crippen molar-refractivity contribution in [2.45, 2.75) is 39.2 Å². The minimum atomic E-state index is -0.0533. The average Bonchev–Trinajstić information content (AvgIpc) is 2.94. The van der Waals surface area contributed by atoms with Crippen LogP contribution in [0.3, 0.4) is 0 Å². The van der Waals surface area contributed by atoms with E-state index in [4.69, 9.17) is 0 Å². The first-order chi connectivity index (χ1) is 9.67. The van der Waals surface area contributed by atoms with Crippen LogP contribution >= 0.6 is 0 Å². The average molecular weight is 271 g/mol. The SMILES string of the molecule is CCCNC(=O)NC1Cc2[nH]c3ccc(C)cc3c2C1. The number of fused-ring (bicyclic) bond motifs is 3. The summed E-state index contributed by atoms with van der Waals surface area (Å²) in [5.41, 5.74) is 5.11. The fourth-order valence-corrected chi connectivity index (χ4v) is 2.97. The van der Waals surface area contributed by atoms with Gasteiger partial charge in [-0.2, -0.15) is 0 Å². The van der Waals surface area contributed by atoms with Gasteiger partial charge in [0.15, 0.2) is 0 Å². The highest BCUT2D eigenvalue weighted by Crippen LogP contribution is 2.30. The summed E-state index contributed by atoms with van der Waals surface area (Å²) >= 11 is 0. The molecule has 1 atom stereocenters. The lowest BCUT2D eigenvalue weighted by Gasteiger charge is -2.13. The van der Waals surface area contributed by atoms with Crippen molar-refractivity contribution in [1.29, 1.82) is 0 Å². The maximum absolute atomic E-state index is 11.7. The molecule has 106 valence electrons. The van der Waals surface area contributed by atoms with E-state index in [1.165, 1.54) is 27.7 Å². The third-order valence-electron chi connectivity index (χ3n) is 3.92. The van der Waals surface area contributed by atoms with Gasteiger partial charge in [0.05, 0.1) is 0 Å². The number of carbonyl (C=O) groups excluding carboxylic acids is 1. The van der Waals surface area contributed by atoms with Crippen molar-refractivity contribution in [1.82, 2.24) is 15.6 Å². The van der Waals surface area contributed by atoms with E-state index in [9.17, 15) is 4.79 Å². The van der Waals surface area contributed by atoms with E-state index in [-0.39, 0.29) is 12.1 Å². The molecule has 1 aliphatic rings. The molecule has 0 bridgehead atoms. The van der Waals surface area contributed by atoms with E-state index in [1.807, 2.05) is 0 Å². The molecule has 0 saturated carbocycles. The zero-order valence-electron chi connectivity index (χ0n) is 12.0. The van der Waals surface area contributed by atoms with Gasteiger partial charge in [-0.15, -0.1) is 0 Å². The molecule has 1 aromatic carbocycles. The Labute approximate surface area is 118 Å². The van der Waals surface area contributed by atoms with Crippen molar-refractivity contribution in [2.24, 2.45) is 0 Å². The van der Waals surface area contributed by atoms with Crippen molar-refractivity contribution < 1.29 is 4.79 Å². The number of aryl methyl sites for hydroxylation is 1. The number of hydrogen-bond donors (Lipinski definition) is 3. The molecule has 0 aliphatic heterocycles. The number of aromatic nitrogens is 1. The Balaban J connectivity index is 1.73. The Hall–Kier alpha value is -1.97. The molecule has 1 aromatic heterocycles. The summed E-state index contributed by atoms with van der Waals surface area (Å²) in [7, 11) is 0. The fraction of sp³-hybridized carbons (Fsp3) is 0.438. The number of benzene rings is 1. The van der Waals surface area contributed by atoms with Crippen LogP contribution in [0, 0.1) is 6.92 Å². The van der Waals surface area contributed by atoms with Gasteiger partial charge in [0.1, 0.15) is 0 Å². The second-order valence-corrected chi connectivity index (χ2v) is 5.64. The molecule has 0 fully saturated rings. The van der Waals surface area contributed by atoms with E-state index in [0.717, 1.165) is 25.8 Å². The van der Waals surface area contributed by atoms with Gasteiger partial charge < -0.3 is 15.6 Å². The summed E-state index contributed by atoms with van der Waals surface area (Å²) in [5.74, 6) is 0. The van der Waals surface area contributed by atoms with Crippen LogP contribution in [0.1, 0.15) is 30.2 Å². The monoisotopic (exact) mass is 271 g/mol. The number of hydrogen-bond acceptors (Lipinski definition) is 1. The molecule has 1 unspecified atom stereocenters. The van der Waals surface area contributed by atoms with Crippen LogP contribution in [0.4, 0.5) is 4.79 Å². The summed E-state index contributed by atoms with van der Waals surface area (Å²) in [6.07, 6.45) is 2.77. The Morgan fingerprint density at radius 3 is 3.05 bits per heavy atom. The van der Waals surface area contributed by atoms with Gasteiger partial charge in [-0.1, -0.05) is 18.6 Å². The Kier molecular flexibility index (Phi) is 3.38. The Morgan fingerprint density at radius 1 is 1.40 bits per heavy atom. The number of nitrogens with one attached hydrogen (secondary N) is 3. The molecule has 4 heteroatoms. The Bertz CT molecular complexity index is 644. The number of urea groups is 1. The predicted octanol–water partition coefficient (Wildman–Crippen LogP) is 2.65. The molecule has 1 aliphatic carbocycles. The number of H-pyrrole nitrogens is 1. The van der Waals surface area contributed by atoms with Crippen LogP contribution in [0.5, 0.6) is 0 Å². The molecule has 20 heavy (non-hydrogen) atoms. The zero-order valence-corrected chi connectivity index (χ0v) is 12.0. The van der Waals surface area contributed by atoms with Gasteiger partial charge in [-0.25, -0.2) is 4.79 Å². The Morgan fingerprint density at radius 2 is 2.25 bits per heavy atom. The van der Waals surface area contributed by atoms with E-state index in [2.05, 4.69) is 47.7 Å². The lowest BCUT2D eigenvalue weighted by atomic mass is 10.1. The van der Waals surface area contributed by atoms with Gasteiger partial charge in [-0.3, -0.25) is 0 Å². The van der Waals surface area contributed by atoms with Crippen molar-refractivity contribution >= 4 is 16.9 Å². The summed E-state index contributed by atoms with van der Waals surface area (Å²) in [4.78, 5) is 15.2. The smallest absolute Gasteiger partial charge is 0.315 e. The van der Waals surface area contributed by atoms with E-state index in [1.54, 1.807) is 0 Å². The largest absolute Gasteiger partial charge is 0.358 e. The van der Waals surface area contributed by atoms with Crippen LogP contribution in [0.25, 0.3) is 10.9 Å². The van der Waals surface area contributed by atoms with Crippen LogP contribution in [0.15, 0.2) is 18.2 Å². The van der Waals surface area contributed by atoms with Crippen LogP contribution in [-0.2, 0) is 12.8 Å². The standard InChI is InChI=1S/C16H21N3O/c1-3-6-17-16(20)18-11-8-13-12-7-10(2)4-5-14(12)19-15(13)9-11/h4-5,7,11,19H,3,6,8-9H2,1-2H3,(H2,17,18,20). The van der Waals surface area contributed by atoms with Crippen molar-refractivity contribution in [2.75, 3.05) is 6.54 Å². The molecule has 2 aromatic rings. The van der Waals surface area contributed by atoms with Crippen molar-refractivity contribution in [3.05, 3.63) is 35.0 Å². The topological polar surface area (TPSA) is 56.9 Å². The van der Waals surface area contributed by atoms with Crippen molar-refractivity contribution in [3.8, 4) is 0 Å².